The van der Waals surface area contributed by atoms with Gasteiger partial charge in [0.25, 0.3) is 0 Å². The smallest absolute Gasteiger partial charge is 0.240 e. The van der Waals surface area contributed by atoms with Crippen LogP contribution in [0.25, 0.3) is 0 Å². The molecule has 0 saturated carbocycles. The Labute approximate surface area is 97.7 Å². The first-order valence-electron chi connectivity index (χ1n) is 5.15. The lowest BCUT2D eigenvalue weighted by atomic mass is 10.2. The van der Waals surface area contributed by atoms with Gasteiger partial charge >= 0.3 is 0 Å². The van der Waals surface area contributed by atoms with E-state index in [1.807, 2.05) is 0 Å². The third kappa shape index (κ3) is 4.23. The van der Waals surface area contributed by atoms with E-state index >= 15 is 0 Å². The summed E-state index contributed by atoms with van der Waals surface area (Å²) in [6, 6.07) is 0. The van der Waals surface area contributed by atoms with Gasteiger partial charge in [-0.2, -0.15) is 0 Å². The molecule has 92 valence electrons. The number of terminal acetylenes is 1. The lowest BCUT2D eigenvalue weighted by molar-refractivity contribution is -0.122. The Balaban J connectivity index is 4.14. The largest absolute Gasteiger partial charge is 0.355 e. The van der Waals surface area contributed by atoms with Gasteiger partial charge < -0.3 is 5.32 Å². The van der Waals surface area contributed by atoms with Crippen molar-refractivity contribution < 1.29 is 13.2 Å². The molecule has 1 N–H and O–H groups in total. The monoisotopic (exact) mass is 245 g/mol. The van der Waals surface area contributed by atoms with Crippen LogP contribution in [0.4, 0.5) is 0 Å². The molecule has 0 aliphatic heterocycles. The number of sulfone groups is 1. The van der Waals surface area contributed by atoms with Crippen molar-refractivity contribution in [1.29, 1.82) is 0 Å². The van der Waals surface area contributed by atoms with E-state index in [1.54, 1.807) is 0 Å². The van der Waals surface area contributed by atoms with Gasteiger partial charge in [0.2, 0.25) is 5.91 Å². The Kier molecular flexibility index (Phi) is 5.52. The molecule has 0 unspecified atom stereocenters. The van der Waals surface area contributed by atoms with Crippen LogP contribution in [0.5, 0.6) is 0 Å². The predicted molar refractivity (Wildman–Crippen MR) is 64.6 cm³/mol. The van der Waals surface area contributed by atoms with Crippen molar-refractivity contribution >= 4 is 15.7 Å². The summed E-state index contributed by atoms with van der Waals surface area (Å²) in [6.07, 6.45) is 8.40. The second-order valence-electron chi connectivity index (χ2n) is 4.20. The standard InChI is InChI=1S/C11H19NO3S/c1-5-6-7-8-9-12-10(13)11(2,3)16(4,14)15/h1H,6-9H2,2-4H3,(H,12,13). The Bertz CT molecular complexity index is 377. The van der Waals surface area contributed by atoms with Gasteiger partial charge in [0.1, 0.15) is 4.75 Å². The van der Waals surface area contributed by atoms with Gasteiger partial charge in [0, 0.05) is 19.2 Å². The van der Waals surface area contributed by atoms with Crippen molar-refractivity contribution in [1.82, 2.24) is 5.32 Å². The molecule has 0 aliphatic carbocycles. The van der Waals surface area contributed by atoms with E-state index in [2.05, 4.69) is 11.2 Å². The zero-order valence-corrected chi connectivity index (χ0v) is 10.9. The summed E-state index contributed by atoms with van der Waals surface area (Å²) in [5, 5.41) is 2.60. The number of carbonyl (C=O) groups is 1. The fraction of sp³-hybridized carbons (Fsp3) is 0.727. The van der Waals surface area contributed by atoms with Gasteiger partial charge in [-0.15, -0.1) is 12.3 Å². The highest BCUT2D eigenvalue weighted by atomic mass is 32.2. The fourth-order valence-electron chi connectivity index (χ4n) is 0.935. The molecule has 0 aromatic heterocycles. The third-order valence-corrected chi connectivity index (χ3v) is 4.55. The number of carbonyl (C=O) groups excluding carboxylic acids is 1. The Morgan fingerprint density at radius 1 is 1.38 bits per heavy atom. The fourth-order valence-corrected chi connectivity index (χ4v) is 1.34. The highest BCUT2D eigenvalue weighted by molar-refractivity contribution is 7.92. The molecule has 0 aromatic rings. The quantitative estimate of drug-likeness (QED) is 0.554. The maximum absolute atomic E-state index is 11.6. The summed E-state index contributed by atoms with van der Waals surface area (Å²) in [6.45, 7) is 3.26. The lowest BCUT2D eigenvalue weighted by Crippen LogP contribution is -2.47. The number of amides is 1. The first-order chi connectivity index (χ1) is 7.23. The predicted octanol–water partition coefficient (Wildman–Crippen LogP) is 0.729. The highest BCUT2D eigenvalue weighted by Gasteiger charge is 2.37. The second-order valence-corrected chi connectivity index (χ2v) is 6.76. The van der Waals surface area contributed by atoms with Crippen molar-refractivity contribution in [3.05, 3.63) is 0 Å². The number of hydrogen-bond acceptors (Lipinski definition) is 3. The van der Waals surface area contributed by atoms with E-state index in [4.69, 9.17) is 6.42 Å². The summed E-state index contributed by atoms with van der Waals surface area (Å²) < 4.78 is 21.3. The van der Waals surface area contributed by atoms with Crippen LogP contribution in [0.15, 0.2) is 0 Å². The topological polar surface area (TPSA) is 63.2 Å². The van der Waals surface area contributed by atoms with Crippen LogP contribution >= 0.6 is 0 Å². The molecular weight excluding hydrogens is 226 g/mol. The molecule has 0 rings (SSSR count). The molecule has 0 spiro atoms. The summed E-state index contributed by atoms with van der Waals surface area (Å²) in [4.78, 5) is 11.6. The van der Waals surface area contributed by atoms with Crippen LogP contribution in [-0.2, 0) is 14.6 Å². The van der Waals surface area contributed by atoms with E-state index in [0.717, 1.165) is 19.1 Å². The SMILES string of the molecule is C#CCCCCNC(=O)C(C)(C)S(C)(=O)=O. The van der Waals surface area contributed by atoms with Crippen LogP contribution < -0.4 is 5.32 Å². The number of unbranched alkanes of at least 4 members (excludes halogenated alkanes) is 2. The van der Waals surface area contributed by atoms with Crippen LogP contribution in [0.2, 0.25) is 0 Å². The molecule has 16 heavy (non-hydrogen) atoms. The van der Waals surface area contributed by atoms with Gasteiger partial charge in [-0.3, -0.25) is 4.79 Å². The molecule has 0 aliphatic rings. The summed E-state index contributed by atoms with van der Waals surface area (Å²) in [5.74, 6) is 2.04. The van der Waals surface area contributed by atoms with Crippen LogP contribution in [0, 0.1) is 12.3 Å². The van der Waals surface area contributed by atoms with Crippen molar-refractivity contribution in [2.75, 3.05) is 12.8 Å². The van der Waals surface area contributed by atoms with E-state index in [-0.39, 0.29) is 0 Å². The molecular formula is C11H19NO3S. The van der Waals surface area contributed by atoms with E-state index in [0.29, 0.717) is 13.0 Å². The van der Waals surface area contributed by atoms with E-state index < -0.39 is 20.5 Å². The zero-order valence-electron chi connectivity index (χ0n) is 10.0. The van der Waals surface area contributed by atoms with Crippen molar-refractivity contribution in [2.24, 2.45) is 0 Å². The van der Waals surface area contributed by atoms with Crippen molar-refractivity contribution in [3.8, 4) is 12.3 Å². The Morgan fingerprint density at radius 3 is 2.38 bits per heavy atom. The average Bonchev–Trinajstić information content (AvgIpc) is 2.15. The normalized spacial score (nSPS) is 11.9. The molecule has 0 heterocycles. The lowest BCUT2D eigenvalue weighted by Gasteiger charge is -2.21. The molecule has 0 radical (unpaired) electrons. The first kappa shape index (κ1) is 15.0. The third-order valence-electron chi connectivity index (χ3n) is 2.51. The first-order valence-corrected chi connectivity index (χ1v) is 7.04. The number of hydrogen-bond donors (Lipinski definition) is 1. The molecule has 0 saturated heterocycles. The minimum atomic E-state index is -3.39. The molecule has 5 heteroatoms. The Hall–Kier alpha value is -1.02. The van der Waals surface area contributed by atoms with Gasteiger partial charge in [-0.25, -0.2) is 8.42 Å². The summed E-state index contributed by atoms with van der Waals surface area (Å²) >= 11 is 0. The molecule has 0 atom stereocenters. The summed E-state index contributed by atoms with van der Waals surface area (Å²) in [7, 11) is -3.39. The minimum absolute atomic E-state index is 0.458. The Morgan fingerprint density at radius 2 is 1.94 bits per heavy atom. The molecule has 0 bridgehead atoms. The molecule has 4 nitrogen and oxygen atoms in total. The maximum Gasteiger partial charge on any atom is 0.240 e. The average molecular weight is 245 g/mol. The van der Waals surface area contributed by atoms with Gasteiger partial charge in [0.05, 0.1) is 0 Å². The van der Waals surface area contributed by atoms with Crippen molar-refractivity contribution in [2.45, 2.75) is 37.9 Å². The van der Waals surface area contributed by atoms with Gasteiger partial charge in [-0.05, 0) is 26.7 Å². The van der Waals surface area contributed by atoms with Crippen LogP contribution in [0.1, 0.15) is 33.1 Å². The number of rotatable bonds is 6. The van der Waals surface area contributed by atoms with E-state index in [1.165, 1.54) is 13.8 Å². The maximum atomic E-state index is 11.6. The number of nitrogens with one attached hydrogen (secondary N) is 1. The summed E-state index contributed by atoms with van der Waals surface area (Å²) in [5.41, 5.74) is 0. The van der Waals surface area contributed by atoms with Crippen LogP contribution in [0.3, 0.4) is 0 Å². The highest BCUT2D eigenvalue weighted by Crippen LogP contribution is 2.14. The second kappa shape index (κ2) is 5.90. The van der Waals surface area contributed by atoms with Crippen LogP contribution in [-0.4, -0.2) is 31.9 Å². The van der Waals surface area contributed by atoms with E-state index in [9.17, 15) is 13.2 Å². The van der Waals surface area contributed by atoms with Crippen molar-refractivity contribution in [3.63, 3.8) is 0 Å². The molecule has 0 fully saturated rings. The zero-order chi connectivity index (χ0) is 12.8. The van der Waals surface area contributed by atoms with Gasteiger partial charge in [-0.1, -0.05) is 0 Å². The molecule has 0 aromatic carbocycles. The van der Waals surface area contributed by atoms with Gasteiger partial charge in [0.15, 0.2) is 9.84 Å². The molecule has 1 amide bonds. The minimum Gasteiger partial charge on any atom is -0.355 e.